The van der Waals surface area contributed by atoms with E-state index in [0.29, 0.717) is 37.9 Å². The number of carboxylic acid groups (broad SMARTS) is 1. The zero-order chi connectivity index (χ0) is 15.3. The van der Waals surface area contributed by atoms with Crippen LogP contribution in [-0.2, 0) is 11.2 Å². The van der Waals surface area contributed by atoms with Crippen molar-refractivity contribution < 1.29 is 24.9 Å². The van der Waals surface area contributed by atoms with Crippen molar-refractivity contribution in [1.29, 1.82) is 0 Å². The average Bonchev–Trinajstić information content (AvgIpc) is 2.47. The summed E-state index contributed by atoms with van der Waals surface area (Å²) < 4.78 is 5.72. The molecule has 2 rings (SSSR count). The van der Waals surface area contributed by atoms with E-state index in [4.69, 9.17) is 14.9 Å². The Kier molecular flexibility index (Phi) is 5.20. The second-order valence-electron chi connectivity index (χ2n) is 5.71. The fourth-order valence-electron chi connectivity index (χ4n) is 2.73. The monoisotopic (exact) mass is 294 g/mol. The van der Waals surface area contributed by atoms with E-state index in [-0.39, 0.29) is 19.1 Å². The number of para-hydroxylation sites is 1. The van der Waals surface area contributed by atoms with Gasteiger partial charge in [0, 0.05) is 6.61 Å². The molecule has 0 heterocycles. The Morgan fingerprint density at radius 2 is 1.95 bits per heavy atom. The third kappa shape index (κ3) is 4.19. The first-order valence-corrected chi connectivity index (χ1v) is 7.31. The van der Waals surface area contributed by atoms with Crippen LogP contribution >= 0.6 is 0 Å². The fraction of sp³-hybridized carbons (Fsp3) is 0.562. The van der Waals surface area contributed by atoms with E-state index in [9.17, 15) is 9.90 Å². The first kappa shape index (κ1) is 15.8. The summed E-state index contributed by atoms with van der Waals surface area (Å²) in [5, 5.41) is 28.5. The van der Waals surface area contributed by atoms with E-state index in [2.05, 4.69) is 0 Å². The second-order valence-corrected chi connectivity index (χ2v) is 5.71. The maximum Gasteiger partial charge on any atom is 0.306 e. The van der Waals surface area contributed by atoms with Crippen molar-refractivity contribution >= 4 is 5.97 Å². The smallest absolute Gasteiger partial charge is 0.306 e. The number of benzene rings is 1. The Hall–Kier alpha value is -1.59. The Balaban J connectivity index is 1.92. The Morgan fingerprint density at radius 1 is 1.29 bits per heavy atom. The van der Waals surface area contributed by atoms with E-state index < -0.39 is 11.6 Å². The molecular formula is C16H22O5. The fourth-order valence-corrected chi connectivity index (χ4v) is 2.73. The number of aliphatic carboxylic acids is 1. The lowest BCUT2D eigenvalue weighted by atomic mass is 9.79. The lowest BCUT2D eigenvalue weighted by Gasteiger charge is -2.34. The van der Waals surface area contributed by atoms with Crippen LogP contribution in [0.15, 0.2) is 24.3 Å². The molecule has 0 amide bonds. The van der Waals surface area contributed by atoms with Gasteiger partial charge in [-0.25, -0.2) is 0 Å². The average molecular weight is 294 g/mol. The van der Waals surface area contributed by atoms with Crippen LogP contribution in [-0.4, -0.2) is 40.1 Å². The van der Waals surface area contributed by atoms with Crippen LogP contribution in [0.2, 0.25) is 0 Å². The van der Waals surface area contributed by atoms with Crippen molar-refractivity contribution in [3.8, 4) is 5.75 Å². The Bertz CT molecular complexity index is 477. The van der Waals surface area contributed by atoms with Gasteiger partial charge in [0.15, 0.2) is 0 Å². The summed E-state index contributed by atoms with van der Waals surface area (Å²) in [7, 11) is 0. The minimum atomic E-state index is -0.960. The van der Waals surface area contributed by atoms with Gasteiger partial charge < -0.3 is 20.1 Å². The molecule has 0 spiro atoms. The summed E-state index contributed by atoms with van der Waals surface area (Å²) in [4.78, 5) is 10.9. The first-order chi connectivity index (χ1) is 10.0. The van der Waals surface area contributed by atoms with Crippen molar-refractivity contribution in [2.24, 2.45) is 5.92 Å². The predicted octanol–water partition coefficient (Wildman–Crippen LogP) is 1.61. The highest BCUT2D eigenvalue weighted by Crippen LogP contribution is 2.33. The van der Waals surface area contributed by atoms with Crippen LogP contribution in [0.1, 0.15) is 31.2 Å². The summed E-state index contributed by atoms with van der Waals surface area (Å²) in [5.41, 5.74) is -0.0547. The summed E-state index contributed by atoms with van der Waals surface area (Å²) in [6, 6.07) is 7.43. The van der Waals surface area contributed by atoms with Gasteiger partial charge >= 0.3 is 5.97 Å². The Labute approximate surface area is 124 Å². The highest BCUT2D eigenvalue weighted by atomic mass is 16.5. The topological polar surface area (TPSA) is 87.0 Å². The van der Waals surface area contributed by atoms with Crippen LogP contribution in [0.3, 0.4) is 0 Å². The predicted molar refractivity (Wildman–Crippen MR) is 77.3 cm³/mol. The molecule has 0 radical (unpaired) electrons. The third-order valence-corrected chi connectivity index (χ3v) is 4.12. The molecule has 1 aromatic carbocycles. The highest BCUT2D eigenvalue weighted by Gasteiger charge is 2.36. The van der Waals surface area contributed by atoms with Gasteiger partial charge in [-0.2, -0.15) is 0 Å². The largest absolute Gasteiger partial charge is 0.490 e. The highest BCUT2D eigenvalue weighted by molar-refractivity contribution is 5.70. The molecule has 0 atom stereocenters. The van der Waals surface area contributed by atoms with Gasteiger partial charge in [0.05, 0.1) is 11.5 Å². The summed E-state index contributed by atoms with van der Waals surface area (Å²) >= 11 is 0. The van der Waals surface area contributed by atoms with E-state index in [1.807, 2.05) is 24.3 Å². The number of ether oxygens (including phenoxy) is 1. The van der Waals surface area contributed by atoms with Gasteiger partial charge in [0.2, 0.25) is 0 Å². The van der Waals surface area contributed by atoms with E-state index in [0.717, 1.165) is 5.56 Å². The van der Waals surface area contributed by atoms with Crippen molar-refractivity contribution in [2.75, 3.05) is 13.2 Å². The van der Waals surface area contributed by atoms with E-state index in [1.54, 1.807) is 0 Å². The van der Waals surface area contributed by atoms with E-state index in [1.165, 1.54) is 0 Å². The number of hydrogen-bond donors (Lipinski definition) is 3. The third-order valence-electron chi connectivity index (χ3n) is 4.12. The molecule has 5 heteroatoms. The van der Waals surface area contributed by atoms with Crippen molar-refractivity contribution in [3.05, 3.63) is 29.8 Å². The second kappa shape index (κ2) is 6.91. The SMILES string of the molecule is O=C(O)C1CCC(O)(COc2ccccc2CCO)CC1. The number of carbonyl (C=O) groups is 1. The van der Waals surface area contributed by atoms with Crippen molar-refractivity contribution in [3.63, 3.8) is 0 Å². The lowest BCUT2D eigenvalue weighted by Crippen LogP contribution is -2.41. The molecule has 0 aliphatic heterocycles. The van der Waals surface area contributed by atoms with Crippen LogP contribution in [0.5, 0.6) is 5.75 Å². The van der Waals surface area contributed by atoms with Crippen LogP contribution in [0.4, 0.5) is 0 Å². The molecule has 3 N–H and O–H groups in total. The molecule has 0 aromatic heterocycles. The minimum Gasteiger partial charge on any atom is -0.490 e. The molecule has 1 fully saturated rings. The summed E-state index contributed by atoms with van der Waals surface area (Å²) in [5.74, 6) is -0.474. The molecule has 0 saturated heterocycles. The number of rotatable bonds is 6. The van der Waals surface area contributed by atoms with Gasteiger partial charge in [-0.1, -0.05) is 18.2 Å². The Morgan fingerprint density at radius 3 is 2.57 bits per heavy atom. The lowest BCUT2D eigenvalue weighted by molar-refractivity contribution is -0.145. The minimum absolute atomic E-state index is 0.0466. The quantitative estimate of drug-likeness (QED) is 0.742. The number of aliphatic hydroxyl groups is 2. The summed E-state index contributed by atoms with van der Waals surface area (Å²) in [6.07, 6.45) is 2.34. The van der Waals surface area contributed by atoms with Gasteiger partial charge in [0.25, 0.3) is 0 Å². The molecule has 1 aromatic rings. The molecular weight excluding hydrogens is 272 g/mol. The normalized spacial score (nSPS) is 25.5. The molecule has 0 unspecified atom stereocenters. The molecule has 0 bridgehead atoms. The van der Waals surface area contributed by atoms with Gasteiger partial charge in [0.1, 0.15) is 12.4 Å². The maximum absolute atomic E-state index is 10.9. The number of aliphatic hydroxyl groups excluding tert-OH is 1. The van der Waals surface area contributed by atoms with Crippen molar-refractivity contribution in [2.45, 2.75) is 37.7 Å². The van der Waals surface area contributed by atoms with Gasteiger partial charge in [-0.05, 0) is 43.7 Å². The molecule has 116 valence electrons. The zero-order valence-corrected chi connectivity index (χ0v) is 12.0. The molecule has 21 heavy (non-hydrogen) atoms. The maximum atomic E-state index is 10.9. The summed E-state index contributed by atoms with van der Waals surface area (Å²) in [6.45, 7) is 0.201. The molecule has 5 nitrogen and oxygen atoms in total. The van der Waals surface area contributed by atoms with Crippen LogP contribution in [0, 0.1) is 5.92 Å². The van der Waals surface area contributed by atoms with Gasteiger partial charge in [-0.15, -0.1) is 0 Å². The standard InChI is InChI=1S/C16H22O5/c17-10-7-12-3-1-2-4-14(12)21-11-16(20)8-5-13(6-9-16)15(18)19/h1-4,13,17,20H,5-11H2,(H,18,19). The van der Waals surface area contributed by atoms with Crippen LogP contribution in [0.25, 0.3) is 0 Å². The van der Waals surface area contributed by atoms with E-state index >= 15 is 0 Å². The van der Waals surface area contributed by atoms with Crippen LogP contribution < -0.4 is 4.74 Å². The number of carboxylic acids is 1. The van der Waals surface area contributed by atoms with Crippen molar-refractivity contribution in [1.82, 2.24) is 0 Å². The first-order valence-electron chi connectivity index (χ1n) is 7.31. The zero-order valence-electron chi connectivity index (χ0n) is 12.0. The molecule has 1 aliphatic rings. The number of hydrogen-bond acceptors (Lipinski definition) is 4. The molecule has 1 aliphatic carbocycles. The van der Waals surface area contributed by atoms with Gasteiger partial charge in [-0.3, -0.25) is 4.79 Å². The molecule has 1 saturated carbocycles.